The van der Waals surface area contributed by atoms with Crippen molar-refractivity contribution in [2.24, 2.45) is 0 Å². The van der Waals surface area contributed by atoms with Crippen LogP contribution in [-0.2, 0) is 11.3 Å². The molecular formula is C16H22N2O4. The molecule has 1 fully saturated rings. The Morgan fingerprint density at radius 3 is 2.73 bits per heavy atom. The van der Waals surface area contributed by atoms with Crippen LogP contribution in [0.4, 0.5) is 0 Å². The molecule has 6 heteroatoms. The van der Waals surface area contributed by atoms with Crippen molar-refractivity contribution in [1.29, 1.82) is 0 Å². The highest BCUT2D eigenvalue weighted by molar-refractivity contribution is 5.82. The summed E-state index contributed by atoms with van der Waals surface area (Å²) in [6, 6.07) is 5.55. The molecule has 1 saturated heterocycles. The molecule has 0 aromatic heterocycles. The number of carbonyl (C=O) groups excluding carboxylic acids is 1. The average molecular weight is 306 g/mol. The van der Waals surface area contributed by atoms with Crippen LogP contribution in [0.25, 0.3) is 0 Å². The van der Waals surface area contributed by atoms with E-state index < -0.39 is 0 Å². The Balaban J connectivity index is 1.79. The maximum Gasteiger partial charge on any atom is 0.239 e. The quantitative estimate of drug-likeness (QED) is 0.880. The van der Waals surface area contributed by atoms with E-state index in [0.29, 0.717) is 26.3 Å². The molecule has 1 aromatic carbocycles. The molecule has 0 aliphatic carbocycles. The molecule has 0 spiro atoms. The number of rotatable bonds is 3. The van der Waals surface area contributed by atoms with E-state index in [-0.39, 0.29) is 24.6 Å². The van der Waals surface area contributed by atoms with Gasteiger partial charge in [0, 0.05) is 20.1 Å². The molecule has 0 bridgehead atoms. The molecule has 120 valence electrons. The van der Waals surface area contributed by atoms with Crippen LogP contribution in [0.2, 0.25) is 0 Å². The third-order valence-corrected chi connectivity index (χ3v) is 4.37. The number of likely N-dealkylation sites (N-methyl/N-ethyl adjacent to an activating group) is 1. The summed E-state index contributed by atoms with van der Waals surface area (Å²) in [5.41, 5.74) is 1.05. The maximum absolute atomic E-state index is 12.2. The highest BCUT2D eigenvalue weighted by Gasteiger charge is 2.36. The Morgan fingerprint density at radius 1 is 1.27 bits per heavy atom. The van der Waals surface area contributed by atoms with Crippen molar-refractivity contribution >= 4 is 5.91 Å². The van der Waals surface area contributed by atoms with E-state index >= 15 is 0 Å². The number of carbonyl (C=O) groups is 1. The van der Waals surface area contributed by atoms with Gasteiger partial charge in [-0.15, -0.1) is 0 Å². The topological polar surface area (TPSA) is 62.2 Å². The number of piperazine rings is 1. The first-order valence-electron chi connectivity index (χ1n) is 7.60. The first-order valence-corrected chi connectivity index (χ1v) is 7.60. The normalized spacial score (nSPS) is 25.4. The minimum absolute atomic E-state index is 0.0342. The summed E-state index contributed by atoms with van der Waals surface area (Å²) in [4.78, 5) is 15.9. The molecule has 22 heavy (non-hydrogen) atoms. The molecule has 6 nitrogen and oxygen atoms in total. The Hall–Kier alpha value is -1.79. The largest absolute Gasteiger partial charge is 0.486 e. The van der Waals surface area contributed by atoms with E-state index in [1.807, 2.05) is 30.0 Å². The molecule has 1 N–H and O–H groups in total. The lowest BCUT2D eigenvalue weighted by molar-refractivity contribution is -0.144. The van der Waals surface area contributed by atoms with Gasteiger partial charge in [0.2, 0.25) is 5.91 Å². The van der Waals surface area contributed by atoms with E-state index in [4.69, 9.17) is 9.47 Å². The fourth-order valence-corrected chi connectivity index (χ4v) is 3.11. The van der Waals surface area contributed by atoms with Gasteiger partial charge in [-0.25, -0.2) is 0 Å². The summed E-state index contributed by atoms with van der Waals surface area (Å²) in [6.45, 7) is 4.19. The van der Waals surface area contributed by atoms with Gasteiger partial charge in [0.25, 0.3) is 0 Å². The van der Waals surface area contributed by atoms with Gasteiger partial charge in [0.15, 0.2) is 11.5 Å². The van der Waals surface area contributed by atoms with Crippen LogP contribution in [0.1, 0.15) is 12.5 Å². The zero-order valence-corrected chi connectivity index (χ0v) is 13.0. The van der Waals surface area contributed by atoms with Crippen LogP contribution in [0.15, 0.2) is 18.2 Å². The van der Waals surface area contributed by atoms with Gasteiger partial charge in [0.05, 0.1) is 18.7 Å². The number of hydrogen-bond acceptors (Lipinski definition) is 5. The summed E-state index contributed by atoms with van der Waals surface area (Å²) in [5.74, 6) is 1.59. The van der Waals surface area contributed by atoms with Gasteiger partial charge >= 0.3 is 0 Å². The number of fused-ring (bicyclic) bond motifs is 1. The predicted octanol–water partition coefficient (Wildman–Crippen LogP) is 0.481. The van der Waals surface area contributed by atoms with Gasteiger partial charge in [-0.2, -0.15) is 0 Å². The second-order valence-corrected chi connectivity index (χ2v) is 5.88. The smallest absolute Gasteiger partial charge is 0.239 e. The molecule has 0 saturated carbocycles. The average Bonchev–Trinajstić information content (AvgIpc) is 2.55. The highest BCUT2D eigenvalue weighted by atomic mass is 16.6. The van der Waals surface area contributed by atoms with Crippen LogP contribution in [-0.4, -0.2) is 66.3 Å². The van der Waals surface area contributed by atoms with Crippen molar-refractivity contribution in [2.45, 2.75) is 25.6 Å². The zero-order chi connectivity index (χ0) is 15.7. The summed E-state index contributed by atoms with van der Waals surface area (Å²) in [6.07, 6.45) is 0. The molecule has 1 aromatic rings. The Bertz CT molecular complexity index is 563. The molecule has 1 amide bonds. The van der Waals surface area contributed by atoms with Gasteiger partial charge in [-0.05, 0) is 24.6 Å². The number of aliphatic hydroxyl groups is 1. The molecule has 2 atom stereocenters. The van der Waals surface area contributed by atoms with E-state index in [1.165, 1.54) is 0 Å². The van der Waals surface area contributed by atoms with Crippen molar-refractivity contribution < 1.29 is 19.4 Å². The Morgan fingerprint density at radius 2 is 2.00 bits per heavy atom. The number of nitrogens with zero attached hydrogens (tertiary/aromatic N) is 2. The van der Waals surface area contributed by atoms with Crippen LogP contribution in [0.5, 0.6) is 11.5 Å². The number of benzene rings is 1. The van der Waals surface area contributed by atoms with Crippen molar-refractivity contribution in [3.05, 3.63) is 23.8 Å². The first kappa shape index (κ1) is 15.1. The summed E-state index contributed by atoms with van der Waals surface area (Å²) < 4.78 is 11.1. The molecule has 0 radical (unpaired) electrons. The van der Waals surface area contributed by atoms with Crippen LogP contribution in [0.3, 0.4) is 0 Å². The minimum Gasteiger partial charge on any atom is -0.486 e. The second-order valence-electron chi connectivity index (χ2n) is 5.88. The lowest BCUT2D eigenvalue weighted by Crippen LogP contribution is -2.60. The number of hydrogen-bond donors (Lipinski definition) is 1. The zero-order valence-electron chi connectivity index (χ0n) is 13.0. The minimum atomic E-state index is -0.246. The van der Waals surface area contributed by atoms with Crippen LogP contribution >= 0.6 is 0 Å². The van der Waals surface area contributed by atoms with Crippen molar-refractivity contribution in [3.63, 3.8) is 0 Å². The monoisotopic (exact) mass is 306 g/mol. The van der Waals surface area contributed by atoms with Crippen LogP contribution < -0.4 is 9.47 Å². The molecule has 2 aliphatic heterocycles. The van der Waals surface area contributed by atoms with E-state index in [9.17, 15) is 9.90 Å². The van der Waals surface area contributed by atoms with Crippen molar-refractivity contribution in [1.82, 2.24) is 9.80 Å². The Labute approximate surface area is 130 Å². The first-order chi connectivity index (χ1) is 10.6. The van der Waals surface area contributed by atoms with Gasteiger partial charge in [0.1, 0.15) is 13.2 Å². The van der Waals surface area contributed by atoms with Crippen molar-refractivity contribution in [2.75, 3.05) is 33.4 Å². The lowest BCUT2D eigenvalue weighted by Gasteiger charge is -2.43. The lowest BCUT2D eigenvalue weighted by atomic mass is 10.0. The van der Waals surface area contributed by atoms with E-state index in [1.54, 1.807) is 11.9 Å². The van der Waals surface area contributed by atoms with Gasteiger partial charge < -0.3 is 19.5 Å². The molecule has 2 aliphatic rings. The maximum atomic E-state index is 12.2. The Kier molecular flexibility index (Phi) is 4.22. The number of aliphatic hydroxyl groups excluding tert-OH is 1. The number of ether oxygens (including phenoxy) is 2. The summed E-state index contributed by atoms with van der Waals surface area (Å²) in [7, 11) is 1.78. The molecular weight excluding hydrogens is 284 g/mol. The van der Waals surface area contributed by atoms with Crippen molar-refractivity contribution in [3.8, 4) is 11.5 Å². The van der Waals surface area contributed by atoms with E-state index in [2.05, 4.69) is 0 Å². The fourth-order valence-electron chi connectivity index (χ4n) is 3.11. The highest BCUT2D eigenvalue weighted by Crippen LogP contribution is 2.31. The molecule has 2 heterocycles. The summed E-state index contributed by atoms with van der Waals surface area (Å²) in [5, 5.41) is 9.63. The van der Waals surface area contributed by atoms with E-state index in [0.717, 1.165) is 17.1 Å². The van der Waals surface area contributed by atoms with Gasteiger partial charge in [-0.1, -0.05) is 6.07 Å². The van der Waals surface area contributed by atoms with Gasteiger partial charge in [-0.3, -0.25) is 9.69 Å². The SMILES string of the molecule is C[C@H]1C(=O)N(C)C[C@H](CO)N1Cc1ccc2c(c1)OCCO2. The third kappa shape index (κ3) is 2.76. The number of amides is 1. The molecule has 3 rings (SSSR count). The third-order valence-electron chi connectivity index (χ3n) is 4.37. The standard InChI is InChI=1S/C16H22N2O4/c1-11-16(20)17(2)9-13(10-19)18(11)8-12-3-4-14-15(7-12)22-6-5-21-14/h3-4,7,11,13,19H,5-6,8-10H2,1-2H3/t11-,13+/m0/s1. The second kappa shape index (κ2) is 6.14. The molecule has 0 unspecified atom stereocenters. The van der Waals surface area contributed by atoms with Crippen LogP contribution in [0, 0.1) is 0 Å². The predicted molar refractivity (Wildman–Crippen MR) is 80.9 cm³/mol. The fraction of sp³-hybridized carbons (Fsp3) is 0.562. The summed E-state index contributed by atoms with van der Waals surface area (Å²) >= 11 is 0.